The first-order valence-corrected chi connectivity index (χ1v) is 4.60. The molecule has 0 aromatic heterocycles. The Morgan fingerprint density at radius 2 is 1.88 bits per heavy atom. The molecule has 1 saturated heterocycles. The van der Waals surface area contributed by atoms with E-state index in [4.69, 9.17) is 4.74 Å². The van der Waals surface area contributed by atoms with Crippen molar-refractivity contribution in [1.82, 2.24) is 5.32 Å². The predicted molar refractivity (Wildman–Crippen MR) is 48.0 cm³/mol. The maximum Gasteiger partial charge on any atom is 0.246 e. The molecule has 3 nitrogen and oxygen atoms in total. The van der Waals surface area contributed by atoms with Crippen LogP contribution < -0.4 is 5.32 Å². The second-order valence-electron chi connectivity index (χ2n) is 3.39. The second kappa shape index (κ2) is 4.13. The Morgan fingerprint density at radius 3 is 2.38 bits per heavy atom. The van der Waals surface area contributed by atoms with E-state index in [0.717, 1.165) is 0 Å². The van der Waals surface area contributed by atoms with E-state index >= 15 is 0 Å². The molecule has 1 fully saturated rings. The molecule has 6 heteroatoms. The second-order valence-corrected chi connectivity index (χ2v) is 3.39. The highest BCUT2D eigenvalue weighted by atomic mass is 19.1. The molecule has 0 saturated carbocycles. The molecule has 1 N–H and O–H groups in total. The van der Waals surface area contributed by atoms with Gasteiger partial charge in [0.25, 0.3) is 0 Å². The van der Waals surface area contributed by atoms with Gasteiger partial charge in [-0.3, -0.25) is 4.79 Å². The molecule has 0 spiro atoms. The third kappa shape index (κ3) is 2.01. The molecule has 1 aliphatic rings. The highest BCUT2D eigenvalue weighted by Crippen LogP contribution is 2.25. The number of benzene rings is 1. The van der Waals surface area contributed by atoms with Crippen molar-refractivity contribution < 1.29 is 22.7 Å². The Morgan fingerprint density at radius 1 is 1.25 bits per heavy atom. The minimum Gasteiger partial charge on any atom is -0.362 e. The fourth-order valence-electron chi connectivity index (χ4n) is 1.54. The Bertz CT molecular complexity index is 403. The van der Waals surface area contributed by atoms with E-state index in [1.165, 1.54) is 0 Å². The van der Waals surface area contributed by atoms with E-state index in [2.05, 4.69) is 5.32 Å². The topological polar surface area (TPSA) is 38.3 Å². The number of hydrogen-bond donors (Lipinski definition) is 1. The average molecular weight is 231 g/mol. The van der Waals surface area contributed by atoms with E-state index in [9.17, 15) is 18.0 Å². The van der Waals surface area contributed by atoms with Crippen LogP contribution in [0.5, 0.6) is 0 Å². The van der Waals surface area contributed by atoms with Crippen LogP contribution in [0.3, 0.4) is 0 Å². The van der Waals surface area contributed by atoms with Crippen molar-refractivity contribution in [1.29, 1.82) is 0 Å². The van der Waals surface area contributed by atoms with E-state index in [1.54, 1.807) is 0 Å². The maximum atomic E-state index is 13.3. The van der Waals surface area contributed by atoms with Crippen LogP contribution in [-0.2, 0) is 9.53 Å². The fraction of sp³-hybridized carbons (Fsp3) is 0.300. The van der Waals surface area contributed by atoms with Crippen LogP contribution in [0, 0.1) is 17.5 Å². The molecule has 0 bridgehead atoms. The van der Waals surface area contributed by atoms with Gasteiger partial charge in [0.2, 0.25) is 5.91 Å². The summed E-state index contributed by atoms with van der Waals surface area (Å²) in [5.41, 5.74) is -0.360. The maximum absolute atomic E-state index is 13.3. The Hall–Kier alpha value is -1.56. The van der Waals surface area contributed by atoms with Crippen molar-refractivity contribution >= 4 is 5.91 Å². The molecule has 1 aromatic carbocycles. The third-order valence-corrected chi connectivity index (χ3v) is 2.27. The number of ether oxygens (including phenoxy) is 1. The normalized spacial score (nSPS) is 20.7. The number of halogens is 3. The van der Waals surface area contributed by atoms with Crippen LogP contribution in [0.4, 0.5) is 13.2 Å². The van der Waals surface area contributed by atoms with Crippen LogP contribution in [0.25, 0.3) is 0 Å². The van der Waals surface area contributed by atoms with Gasteiger partial charge in [0.05, 0.1) is 5.56 Å². The molecule has 1 aliphatic heterocycles. The monoisotopic (exact) mass is 231 g/mol. The van der Waals surface area contributed by atoms with Crippen molar-refractivity contribution in [3.8, 4) is 0 Å². The van der Waals surface area contributed by atoms with Crippen LogP contribution in [-0.4, -0.2) is 19.1 Å². The summed E-state index contributed by atoms with van der Waals surface area (Å²) in [5, 5.41) is 2.41. The van der Waals surface area contributed by atoms with Crippen molar-refractivity contribution in [3.05, 3.63) is 35.1 Å². The van der Waals surface area contributed by atoms with Gasteiger partial charge in [0, 0.05) is 18.7 Å². The minimum absolute atomic E-state index is 0.0295. The zero-order valence-electron chi connectivity index (χ0n) is 8.10. The van der Waals surface area contributed by atoms with Gasteiger partial charge in [-0.15, -0.1) is 0 Å². The van der Waals surface area contributed by atoms with Gasteiger partial charge in [-0.1, -0.05) is 0 Å². The van der Waals surface area contributed by atoms with Crippen LogP contribution >= 0.6 is 0 Å². The lowest BCUT2D eigenvalue weighted by molar-refractivity contribution is -0.133. The quantitative estimate of drug-likeness (QED) is 0.790. The molecule has 86 valence electrons. The highest BCUT2D eigenvalue weighted by molar-refractivity contribution is 5.77. The number of nitrogens with one attached hydrogen (secondary N) is 1. The molecular weight excluding hydrogens is 223 g/mol. The Kier molecular flexibility index (Phi) is 2.82. The lowest BCUT2D eigenvalue weighted by Crippen LogP contribution is -2.39. The van der Waals surface area contributed by atoms with Crippen LogP contribution in [0.2, 0.25) is 0 Å². The van der Waals surface area contributed by atoms with Crippen molar-refractivity contribution in [2.75, 3.05) is 13.2 Å². The van der Waals surface area contributed by atoms with Gasteiger partial charge in [-0.25, -0.2) is 13.2 Å². The molecule has 2 rings (SSSR count). The number of rotatable bonds is 1. The van der Waals surface area contributed by atoms with Gasteiger partial charge < -0.3 is 10.1 Å². The van der Waals surface area contributed by atoms with Gasteiger partial charge in [-0.2, -0.15) is 0 Å². The smallest absolute Gasteiger partial charge is 0.246 e. The number of hydrogen-bond acceptors (Lipinski definition) is 2. The van der Waals surface area contributed by atoms with E-state index in [-0.39, 0.29) is 24.6 Å². The van der Waals surface area contributed by atoms with E-state index in [1.807, 2.05) is 0 Å². The molecule has 1 heterocycles. The third-order valence-electron chi connectivity index (χ3n) is 2.27. The standard InChI is InChI=1S/C10H8F3NO2/c11-5-1-6(12)10(7(13)2-5)8-3-14-9(15)4-16-8/h1-2,8H,3-4H2,(H,14,15)/t8-/m0/s1. The number of carbonyl (C=O) groups excluding carboxylic acids is 1. The van der Waals surface area contributed by atoms with Crippen molar-refractivity contribution in [2.45, 2.75) is 6.10 Å². The van der Waals surface area contributed by atoms with Crippen molar-refractivity contribution in [3.63, 3.8) is 0 Å². The van der Waals surface area contributed by atoms with Gasteiger partial charge in [0.15, 0.2) is 0 Å². The summed E-state index contributed by atoms with van der Waals surface area (Å²) in [6.45, 7) is -0.292. The Balaban J connectivity index is 2.30. The molecule has 0 aliphatic carbocycles. The average Bonchev–Trinajstić information content (AvgIpc) is 2.19. The van der Waals surface area contributed by atoms with Crippen molar-refractivity contribution in [2.24, 2.45) is 0 Å². The fourth-order valence-corrected chi connectivity index (χ4v) is 1.54. The lowest BCUT2D eigenvalue weighted by atomic mass is 10.1. The SMILES string of the molecule is O=C1CO[C@H](c2c(F)cc(F)cc2F)CN1. The summed E-state index contributed by atoms with van der Waals surface area (Å²) in [6, 6.07) is 1.16. The highest BCUT2D eigenvalue weighted by Gasteiger charge is 2.26. The molecule has 16 heavy (non-hydrogen) atoms. The summed E-state index contributed by atoms with van der Waals surface area (Å²) in [6.07, 6.45) is -0.918. The Labute approximate surface area is 89.2 Å². The zero-order chi connectivity index (χ0) is 11.7. The molecule has 1 amide bonds. The summed E-state index contributed by atoms with van der Waals surface area (Å²) in [5.74, 6) is -3.37. The minimum atomic E-state index is -1.02. The van der Waals surface area contributed by atoms with Gasteiger partial charge in [0.1, 0.15) is 30.2 Å². The zero-order valence-corrected chi connectivity index (χ0v) is 8.10. The summed E-state index contributed by atoms with van der Waals surface area (Å²) in [4.78, 5) is 10.8. The van der Waals surface area contributed by atoms with Gasteiger partial charge in [-0.05, 0) is 0 Å². The summed E-state index contributed by atoms with van der Waals surface area (Å²) < 4.78 is 44.3. The number of amides is 1. The summed E-state index contributed by atoms with van der Waals surface area (Å²) in [7, 11) is 0. The first-order chi connectivity index (χ1) is 7.58. The number of morpholine rings is 1. The lowest BCUT2D eigenvalue weighted by Gasteiger charge is -2.24. The van der Waals surface area contributed by atoms with Crippen LogP contribution in [0.15, 0.2) is 12.1 Å². The molecule has 0 radical (unpaired) electrons. The summed E-state index contributed by atoms with van der Waals surface area (Å²) >= 11 is 0. The van der Waals surface area contributed by atoms with E-state index < -0.39 is 23.6 Å². The molecule has 0 unspecified atom stereocenters. The molecule has 1 atom stereocenters. The molecular formula is C10H8F3NO2. The predicted octanol–water partition coefficient (Wildman–Crippen LogP) is 1.29. The van der Waals surface area contributed by atoms with Gasteiger partial charge >= 0.3 is 0 Å². The largest absolute Gasteiger partial charge is 0.362 e. The first-order valence-electron chi connectivity index (χ1n) is 4.60. The van der Waals surface area contributed by atoms with E-state index in [0.29, 0.717) is 12.1 Å². The van der Waals surface area contributed by atoms with Crippen LogP contribution in [0.1, 0.15) is 11.7 Å². The number of carbonyl (C=O) groups is 1. The molecule has 1 aromatic rings. The first kappa shape index (κ1) is 10.9.